The highest BCUT2D eigenvalue weighted by molar-refractivity contribution is 6.04. The second-order valence-electron chi connectivity index (χ2n) is 7.66. The molecule has 0 spiro atoms. The quantitative estimate of drug-likeness (QED) is 0.617. The van der Waals surface area contributed by atoms with Crippen LogP contribution in [0.2, 0.25) is 0 Å². The average Bonchev–Trinajstić information content (AvgIpc) is 2.73. The van der Waals surface area contributed by atoms with Crippen molar-refractivity contribution < 1.29 is 19.1 Å². The molecule has 0 atom stereocenters. The van der Waals surface area contributed by atoms with Crippen LogP contribution in [-0.4, -0.2) is 34.7 Å². The number of benzene rings is 2. The van der Waals surface area contributed by atoms with Gasteiger partial charge in [0.1, 0.15) is 11.4 Å². The van der Waals surface area contributed by atoms with E-state index in [2.05, 4.69) is 20.6 Å². The first-order chi connectivity index (χ1) is 14.7. The van der Waals surface area contributed by atoms with E-state index in [1.54, 1.807) is 39.0 Å². The van der Waals surface area contributed by atoms with Gasteiger partial charge in [0.25, 0.3) is 5.91 Å². The van der Waals surface area contributed by atoms with Crippen molar-refractivity contribution in [2.75, 3.05) is 17.7 Å². The monoisotopic (exact) mass is 420 g/mol. The summed E-state index contributed by atoms with van der Waals surface area (Å²) in [4.78, 5) is 33.2. The van der Waals surface area contributed by atoms with Gasteiger partial charge in [0.15, 0.2) is 5.82 Å². The number of carbonyl (C=O) groups is 2. The van der Waals surface area contributed by atoms with Crippen LogP contribution in [0.15, 0.2) is 60.9 Å². The highest BCUT2D eigenvalue weighted by Gasteiger charge is 2.18. The van der Waals surface area contributed by atoms with Crippen molar-refractivity contribution in [3.8, 4) is 17.1 Å². The van der Waals surface area contributed by atoms with Crippen LogP contribution in [0.3, 0.4) is 0 Å². The van der Waals surface area contributed by atoms with Crippen LogP contribution in [0.1, 0.15) is 31.1 Å². The molecule has 0 bridgehead atoms. The van der Waals surface area contributed by atoms with Gasteiger partial charge in [-0.3, -0.25) is 10.1 Å². The number of anilines is 2. The SMILES string of the molecule is COc1ccc(NC(=O)c2cnc(-c3ccccc3)nc2)cc1NC(=O)OC(C)(C)C. The fourth-order valence-electron chi connectivity index (χ4n) is 2.68. The minimum Gasteiger partial charge on any atom is -0.495 e. The van der Waals surface area contributed by atoms with Crippen molar-refractivity contribution in [3.63, 3.8) is 0 Å². The Labute approximate surface area is 180 Å². The number of aromatic nitrogens is 2. The first-order valence-corrected chi connectivity index (χ1v) is 9.62. The summed E-state index contributed by atoms with van der Waals surface area (Å²) in [5.74, 6) is 0.581. The molecule has 0 unspecified atom stereocenters. The molecule has 31 heavy (non-hydrogen) atoms. The van der Waals surface area contributed by atoms with Gasteiger partial charge >= 0.3 is 6.09 Å². The molecule has 3 rings (SSSR count). The summed E-state index contributed by atoms with van der Waals surface area (Å²) in [6, 6.07) is 14.4. The van der Waals surface area contributed by atoms with Gasteiger partial charge in [0.2, 0.25) is 0 Å². The van der Waals surface area contributed by atoms with Gasteiger partial charge in [-0.05, 0) is 39.0 Å². The number of rotatable bonds is 5. The Morgan fingerprint density at radius 1 is 0.935 bits per heavy atom. The summed E-state index contributed by atoms with van der Waals surface area (Å²) >= 11 is 0. The number of ether oxygens (including phenoxy) is 2. The molecule has 0 radical (unpaired) electrons. The maximum absolute atomic E-state index is 12.6. The van der Waals surface area contributed by atoms with Crippen molar-refractivity contribution in [2.24, 2.45) is 0 Å². The lowest BCUT2D eigenvalue weighted by atomic mass is 10.2. The summed E-state index contributed by atoms with van der Waals surface area (Å²) in [7, 11) is 1.49. The van der Waals surface area contributed by atoms with Gasteiger partial charge in [-0.2, -0.15) is 0 Å². The third-order valence-corrected chi connectivity index (χ3v) is 4.04. The predicted molar refractivity (Wildman–Crippen MR) is 118 cm³/mol. The number of amides is 2. The van der Waals surface area contributed by atoms with Gasteiger partial charge in [0, 0.05) is 23.6 Å². The molecule has 0 aliphatic carbocycles. The summed E-state index contributed by atoms with van der Waals surface area (Å²) in [5.41, 5.74) is 1.35. The zero-order valence-corrected chi connectivity index (χ0v) is 17.8. The molecule has 0 saturated carbocycles. The van der Waals surface area contributed by atoms with E-state index < -0.39 is 11.7 Å². The molecule has 1 heterocycles. The highest BCUT2D eigenvalue weighted by atomic mass is 16.6. The van der Waals surface area contributed by atoms with E-state index in [1.807, 2.05) is 30.3 Å². The Morgan fingerprint density at radius 2 is 1.61 bits per heavy atom. The molecule has 0 aliphatic rings. The fraction of sp³-hybridized carbons (Fsp3) is 0.217. The topological polar surface area (TPSA) is 102 Å². The van der Waals surface area contributed by atoms with Gasteiger partial charge in [-0.25, -0.2) is 14.8 Å². The molecule has 0 saturated heterocycles. The molecular formula is C23H24N4O4. The molecule has 0 fully saturated rings. The van der Waals surface area contributed by atoms with E-state index in [9.17, 15) is 9.59 Å². The van der Waals surface area contributed by atoms with Gasteiger partial charge < -0.3 is 14.8 Å². The molecule has 160 valence electrons. The molecular weight excluding hydrogens is 396 g/mol. The van der Waals surface area contributed by atoms with E-state index in [0.717, 1.165) is 5.56 Å². The average molecular weight is 420 g/mol. The largest absolute Gasteiger partial charge is 0.495 e. The Bertz CT molecular complexity index is 1060. The maximum Gasteiger partial charge on any atom is 0.412 e. The van der Waals surface area contributed by atoms with Crippen molar-refractivity contribution in [3.05, 3.63) is 66.5 Å². The minimum absolute atomic E-state index is 0.303. The van der Waals surface area contributed by atoms with Crippen molar-refractivity contribution in [2.45, 2.75) is 26.4 Å². The normalized spacial score (nSPS) is 10.8. The van der Waals surface area contributed by atoms with Crippen LogP contribution in [-0.2, 0) is 4.74 Å². The fourth-order valence-corrected chi connectivity index (χ4v) is 2.68. The van der Waals surface area contributed by atoms with Crippen molar-refractivity contribution >= 4 is 23.4 Å². The maximum atomic E-state index is 12.6. The number of carbonyl (C=O) groups excluding carboxylic acids is 2. The van der Waals surface area contributed by atoms with Crippen LogP contribution in [0.25, 0.3) is 11.4 Å². The Kier molecular flexibility index (Phi) is 6.49. The van der Waals surface area contributed by atoms with E-state index >= 15 is 0 Å². The number of hydrogen-bond donors (Lipinski definition) is 2. The summed E-state index contributed by atoms with van der Waals surface area (Å²) < 4.78 is 10.5. The lowest BCUT2D eigenvalue weighted by molar-refractivity contribution is 0.0635. The zero-order valence-electron chi connectivity index (χ0n) is 17.8. The molecule has 2 amide bonds. The van der Waals surface area contributed by atoms with E-state index in [0.29, 0.717) is 28.5 Å². The summed E-state index contributed by atoms with van der Waals surface area (Å²) in [6.45, 7) is 5.31. The van der Waals surface area contributed by atoms with E-state index in [1.165, 1.54) is 19.5 Å². The lowest BCUT2D eigenvalue weighted by Gasteiger charge is -2.20. The van der Waals surface area contributed by atoms with Gasteiger partial charge in [-0.15, -0.1) is 0 Å². The second kappa shape index (κ2) is 9.25. The molecule has 2 aromatic carbocycles. The molecule has 2 N–H and O–H groups in total. The van der Waals surface area contributed by atoms with Crippen LogP contribution in [0.5, 0.6) is 5.75 Å². The number of hydrogen-bond acceptors (Lipinski definition) is 6. The molecule has 1 aromatic heterocycles. The zero-order chi connectivity index (χ0) is 22.4. The summed E-state index contributed by atoms with van der Waals surface area (Å²) in [5, 5.41) is 5.40. The molecule has 3 aromatic rings. The number of nitrogens with one attached hydrogen (secondary N) is 2. The summed E-state index contributed by atoms with van der Waals surface area (Å²) in [6.07, 6.45) is 2.31. The van der Waals surface area contributed by atoms with Crippen molar-refractivity contribution in [1.82, 2.24) is 9.97 Å². The molecule has 8 nitrogen and oxygen atoms in total. The van der Waals surface area contributed by atoms with Crippen LogP contribution >= 0.6 is 0 Å². The molecule has 0 aliphatic heterocycles. The first-order valence-electron chi connectivity index (χ1n) is 9.62. The molecule has 8 heteroatoms. The van der Waals surface area contributed by atoms with Crippen LogP contribution in [0.4, 0.5) is 16.2 Å². The smallest absolute Gasteiger partial charge is 0.412 e. The predicted octanol–water partition coefficient (Wildman–Crippen LogP) is 4.75. The van der Waals surface area contributed by atoms with Crippen LogP contribution in [0, 0.1) is 0 Å². The Balaban J connectivity index is 1.73. The van der Waals surface area contributed by atoms with Gasteiger partial charge in [0.05, 0.1) is 18.4 Å². The van der Waals surface area contributed by atoms with Gasteiger partial charge in [-0.1, -0.05) is 30.3 Å². The lowest BCUT2D eigenvalue weighted by Crippen LogP contribution is -2.27. The Hall–Kier alpha value is -3.94. The number of methoxy groups -OCH3 is 1. The third kappa shape index (κ3) is 6.02. The standard InChI is InChI=1S/C23H24N4O4/c1-23(2,3)31-22(29)27-18-12-17(10-11-19(18)30-4)26-21(28)16-13-24-20(25-14-16)15-8-6-5-7-9-15/h5-14H,1-4H3,(H,26,28)(H,27,29). The Morgan fingerprint density at radius 3 is 2.23 bits per heavy atom. The van der Waals surface area contributed by atoms with Crippen molar-refractivity contribution in [1.29, 1.82) is 0 Å². The highest BCUT2D eigenvalue weighted by Crippen LogP contribution is 2.28. The number of nitrogens with zero attached hydrogens (tertiary/aromatic N) is 2. The third-order valence-electron chi connectivity index (χ3n) is 4.04. The first kappa shape index (κ1) is 21.8. The van der Waals surface area contributed by atoms with Crippen LogP contribution < -0.4 is 15.4 Å². The minimum atomic E-state index is -0.644. The second-order valence-corrected chi connectivity index (χ2v) is 7.66. The van der Waals surface area contributed by atoms with E-state index in [4.69, 9.17) is 9.47 Å². The van der Waals surface area contributed by atoms with E-state index in [-0.39, 0.29) is 5.91 Å².